The molecule has 1 aromatic carbocycles. The first-order valence-electron chi connectivity index (χ1n) is 6.98. The quantitative estimate of drug-likeness (QED) is 0.902. The van der Waals surface area contributed by atoms with Gasteiger partial charge in [0, 0.05) is 25.0 Å². The zero-order valence-corrected chi connectivity index (χ0v) is 12.2. The molecule has 0 saturated carbocycles. The van der Waals surface area contributed by atoms with Crippen LogP contribution in [0.2, 0.25) is 0 Å². The molecule has 1 aliphatic rings. The van der Waals surface area contributed by atoms with Gasteiger partial charge in [-0.25, -0.2) is 0 Å². The lowest BCUT2D eigenvalue weighted by Crippen LogP contribution is -2.52. The SMILES string of the molecule is CC1(C)CN(CC(C)(CO)c2ccccc2)CCO1. The third kappa shape index (κ3) is 3.56. The first-order chi connectivity index (χ1) is 8.95. The topological polar surface area (TPSA) is 32.7 Å². The first-order valence-corrected chi connectivity index (χ1v) is 6.98. The predicted octanol–water partition coefficient (Wildman–Crippen LogP) is 2.05. The molecular formula is C16H25NO2. The van der Waals surface area contributed by atoms with Crippen molar-refractivity contribution in [2.75, 3.05) is 32.8 Å². The average Bonchev–Trinajstić information content (AvgIpc) is 2.38. The van der Waals surface area contributed by atoms with Gasteiger partial charge in [-0.3, -0.25) is 4.90 Å². The van der Waals surface area contributed by atoms with Gasteiger partial charge in [0.25, 0.3) is 0 Å². The van der Waals surface area contributed by atoms with Crippen molar-refractivity contribution in [1.82, 2.24) is 4.90 Å². The Morgan fingerprint density at radius 2 is 2.00 bits per heavy atom. The summed E-state index contributed by atoms with van der Waals surface area (Å²) in [6.07, 6.45) is 0. The number of hydrogen-bond donors (Lipinski definition) is 1. The molecule has 1 unspecified atom stereocenters. The minimum absolute atomic E-state index is 0.0920. The Bertz CT molecular complexity index is 404. The summed E-state index contributed by atoms with van der Waals surface area (Å²) in [5.41, 5.74) is 0.891. The van der Waals surface area contributed by atoms with E-state index in [9.17, 15) is 5.11 Å². The zero-order valence-electron chi connectivity index (χ0n) is 12.2. The van der Waals surface area contributed by atoms with Crippen molar-refractivity contribution in [1.29, 1.82) is 0 Å². The minimum atomic E-state index is -0.214. The van der Waals surface area contributed by atoms with E-state index in [2.05, 4.69) is 37.8 Å². The summed E-state index contributed by atoms with van der Waals surface area (Å²) in [4.78, 5) is 2.40. The Morgan fingerprint density at radius 1 is 1.32 bits per heavy atom. The van der Waals surface area contributed by atoms with E-state index in [1.54, 1.807) is 0 Å². The van der Waals surface area contributed by atoms with Crippen LogP contribution in [0, 0.1) is 0 Å². The fourth-order valence-corrected chi connectivity index (χ4v) is 2.82. The van der Waals surface area contributed by atoms with Crippen LogP contribution in [0.25, 0.3) is 0 Å². The van der Waals surface area contributed by atoms with Crippen LogP contribution in [0.15, 0.2) is 30.3 Å². The second-order valence-electron chi connectivity index (χ2n) is 6.40. The first kappa shape index (κ1) is 14.5. The van der Waals surface area contributed by atoms with Gasteiger partial charge in [0.2, 0.25) is 0 Å². The molecule has 0 amide bonds. The summed E-state index contributed by atoms with van der Waals surface area (Å²) in [5.74, 6) is 0. The van der Waals surface area contributed by atoms with E-state index in [0.717, 1.165) is 26.2 Å². The lowest BCUT2D eigenvalue weighted by molar-refractivity contribution is -0.0914. The van der Waals surface area contributed by atoms with Crippen molar-refractivity contribution in [2.45, 2.75) is 31.8 Å². The smallest absolute Gasteiger partial charge is 0.0753 e. The van der Waals surface area contributed by atoms with Gasteiger partial charge >= 0.3 is 0 Å². The van der Waals surface area contributed by atoms with Gasteiger partial charge in [0.1, 0.15) is 0 Å². The number of aliphatic hydroxyl groups is 1. The molecule has 3 heteroatoms. The number of ether oxygens (including phenoxy) is 1. The van der Waals surface area contributed by atoms with Gasteiger partial charge < -0.3 is 9.84 Å². The highest BCUT2D eigenvalue weighted by Crippen LogP contribution is 2.26. The van der Waals surface area contributed by atoms with Crippen molar-refractivity contribution >= 4 is 0 Å². The highest BCUT2D eigenvalue weighted by Gasteiger charge is 2.33. The van der Waals surface area contributed by atoms with Gasteiger partial charge in [0.15, 0.2) is 0 Å². The Hall–Kier alpha value is -0.900. The second kappa shape index (κ2) is 5.61. The summed E-state index contributed by atoms with van der Waals surface area (Å²) in [7, 11) is 0. The Kier molecular flexibility index (Phi) is 4.29. The lowest BCUT2D eigenvalue weighted by atomic mass is 9.82. The van der Waals surface area contributed by atoms with Gasteiger partial charge in [-0.05, 0) is 19.4 Å². The van der Waals surface area contributed by atoms with Crippen LogP contribution in [-0.2, 0) is 10.2 Å². The van der Waals surface area contributed by atoms with Crippen molar-refractivity contribution in [3.8, 4) is 0 Å². The molecule has 106 valence electrons. The Labute approximate surface area is 116 Å². The normalized spacial score (nSPS) is 22.9. The third-order valence-electron chi connectivity index (χ3n) is 3.90. The van der Waals surface area contributed by atoms with Crippen LogP contribution in [-0.4, -0.2) is 48.5 Å². The molecule has 0 aromatic heterocycles. The summed E-state index contributed by atoms with van der Waals surface area (Å²) >= 11 is 0. The van der Waals surface area contributed by atoms with Gasteiger partial charge in [-0.1, -0.05) is 37.3 Å². The number of aliphatic hydroxyl groups excluding tert-OH is 1. The molecule has 0 aliphatic carbocycles. The number of hydrogen-bond acceptors (Lipinski definition) is 3. The van der Waals surface area contributed by atoms with E-state index in [4.69, 9.17) is 4.74 Å². The molecule has 1 aromatic rings. The van der Waals surface area contributed by atoms with Crippen molar-refractivity contribution < 1.29 is 9.84 Å². The monoisotopic (exact) mass is 263 g/mol. The third-order valence-corrected chi connectivity index (χ3v) is 3.90. The van der Waals surface area contributed by atoms with Crippen molar-refractivity contribution in [2.24, 2.45) is 0 Å². The number of benzene rings is 1. The van der Waals surface area contributed by atoms with E-state index in [-0.39, 0.29) is 17.6 Å². The van der Waals surface area contributed by atoms with Crippen LogP contribution < -0.4 is 0 Å². The molecule has 2 rings (SSSR count). The van der Waals surface area contributed by atoms with Crippen LogP contribution in [0.3, 0.4) is 0 Å². The van der Waals surface area contributed by atoms with Gasteiger partial charge in [-0.2, -0.15) is 0 Å². The maximum Gasteiger partial charge on any atom is 0.0753 e. The molecular weight excluding hydrogens is 238 g/mol. The molecule has 0 radical (unpaired) electrons. The van der Waals surface area contributed by atoms with E-state index in [0.29, 0.717) is 0 Å². The zero-order chi connectivity index (χ0) is 13.9. The lowest BCUT2D eigenvalue weighted by Gasteiger charge is -2.42. The fourth-order valence-electron chi connectivity index (χ4n) is 2.82. The highest BCUT2D eigenvalue weighted by molar-refractivity contribution is 5.25. The van der Waals surface area contributed by atoms with E-state index in [1.165, 1.54) is 5.56 Å². The molecule has 1 fully saturated rings. The summed E-state index contributed by atoms with van der Waals surface area (Å²) in [6.45, 7) is 10.0. The largest absolute Gasteiger partial charge is 0.395 e. The fraction of sp³-hybridized carbons (Fsp3) is 0.625. The number of rotatable bonds is 4. The molecule has 1 N–H and O–H groups in total. The number of nitrogens with zero attached hydrogens (tertiary/aromatic N) is 1. The molecule has 0 bridgehead atoms. The number of morpholine rings is 1. The van der Waals surface area contributed by atoms with Crippen LogP contribution in [0.1, 0.15) is 26.3 Å². The summed E-state index contributed by atoms with van der Waals surface area (Å²) in [6, 6.07) is 10.3. The summed E-state index contributed by atoms with van der Waals surface area (Å²) < 4.78 is 5.75. The maximum atomic E-state index is 9.84. The van der Waals surface area contributed by atoms with Gasteiger partial charge in [0.05, 0.1) is 18.8 Å². The molecule has 3 nitrogen and oxygen atoms in total. The minimum Gasteiger partial charge on any atom is -0.395 e. The Balaban J connectivity index is 2.10. The van der Waals surface area contributed by atoms with Crippen LogP contribution in [0.5, 0.6) is 0 Å². The predicted molar refractivity (Wildman–Crippen MR) is 77.4 cm³/mol. The van der Waals surface area contributed by atoms with E-state index >= 15 is 0 Å². The van der Waals surface area contributed by atoms with E-state index in [1.807, 2.05) is 18.2 Å². The van der Waals surface area contributed by atoms with Crippen LogP contribution in [0.4, 0.5) is 0 Å². The maximum absolute atomic E-state index is 9.84. The molecule has 1 saturated heterocycles. The highest BCUT2D eigenvalue weighted by atomic mass is 16.5. The summed E-state index contributed by atoms with van der Waals surface area (Å²) in [5, 5.41) is 9.84. The Morgan fingerprint density at radius 3 is 2.58 bits per heavy atom. The van der Waals surface area contributed by atoms with Gasteiger partial charge in [-0.15, -0.1) is 0 Å². The standard InChI is InChI=1S/C16H25NO2/c1-15(2)11-17(9-10-19-15)12-16(3,13-18)14-7-5-4-6-8-14/h4-8,18H,9-13H2,1-3H3. The molecule has 1 heterocycles. The molecule has 1 atom stereocenters. The van der Waals surface area contributed by atoms with Crippen LogP contribution >= 0.6 is 0 Å². The average molecular weight is 263 g/mol. The van der Waals surface area contributed by atoms with Crippen molar-refractivity contribution in [3.05, 3.63) is 35.9 Å². The molecule has 0 spiro atoms. The second-order valence-corrected chi connectivity index (χ2v) is 6.40. The van der Waals surface area contributed by atoms with Crippen molar-refractivity contribution in [3.63, 3.8) is 0 Å². The molecule has 19 heavy (non-hydrogen) atoms. The van der Waals surface area contributed by atoms with E-state index < -0.39 is 0 Å². The molecule has 1 aliphatic heterocycles.